The average Bonchev–Trinajstić information content (AvgIpc) is 2.58. The Hall–Kier alpha value is -2.82. The van der Waals surface area contributed by atoms with Gasteiger partial charge in [0, 0.05) is 12.2 Å². The van der Waals surface area contributed by atoms with Gasteiger partial charge in [0.1, 0.15) is 0 Å². The van der Waals surface area contributed by atoms with Crippen molar-refractivity contribution >= 4 is 17.6 Å². The minimum absolute atomic E-state index is 0.283. The van der Waals surface area contributed by atoms with Crippen LogP contribution in [0.3, 0.4) is 0 Å². The van der Waals surface area contributed by atoms with Gasteiger partial charge in [-0.2, -0.15) is 0 Å². The molecule has 0 heterocycles. The van der Waals surface area contributed by atoms with E-state index in [2.05, 4.69) is 17.4 Å². The predicted octanol–water partition coefficient (Wildman–Crippen LogP) is 2.17. The zero-order chi connectivity index (χ0) is 16.5. The van der Waals surface area contributed by atoms with Gasteiger partial charge < -0.3 is 15.8 Å². The second-order valence-electron chi connectivity index (χ2n) is 5.14. The summed E-state index contributed by atoms with van der Waals surface area (Å²) in [5, 5.41) is 2.73. The van der Waals surface area contributed by atoms with Crippen molar-refractivity contribution in [1.82, 2.24) is 5.32 Å². The minimum atomic E-state index is -0.538. The molecule has 0 aromatic heterocycles. The van der Waals surface area contributed by atoms with Crippen molar-refractivity contribution in [3.63, 3.8) is 0 Å². The van der Waals surface area contributed by atoms with Crippen LogP contribution in [0.15, 0.2) is 54.6 Å². The quantitative estimate of drug-likeness (QED) is 0.466. The molecule has 5 heteroatoms. The fourth-order valence-corrected chi connectivity index (χ4v) is 2.05. The van der Waals surface area contributed by atoms with Crippen LogP contribution in [-0.2, 0) is 16.0 Å². The Morgan fingerprint density at radius 3 is 2.39 bits per heavy atom. The minimum Gasteiger partial charge on any atom is -0.452 e. The Morgan fingerprint density at radius 2 is 1.70 bits per heavy atom. The van der Waals surface area contributed by atoms with Gasteiger partial charge in [0.15, 0.2) is 6.61 Å². The van der Waals surface area contributed by atoms with Gasteiger partial charge in [-0.05, 0) is 42.7 Å². The van der Waals surface area contributed by atoms with Crippen molar-refractivity contribution in [3.05, 3.63) is 65.7 Å². The van der Waals surface area contributed by atoms with Crippen molar-refractivity contribution in [2.24, 2.45) is 0 Å². The molecule has 0 aliphatic carbocycles. The molecule has 2 aromatic carbocycles. The second-order valence-corrected chi connectivity index (χ2v) is 5.14. The van der Waals surface area contributed by atoms with Crippen LogP contribution in [0.25, 0.3) is 0 Å². The number of rotatable bonds is 7. The van der Waals surface area contributed by atoms with E-state index in [-0.39, 0.29) is 12.5 Å². The highest BCUT2D eigenvalue weighted by Crippen LogP contribution is 2.06. The van der Waals surface area contributed by atoms with E-state index >= 15 is 0 Å². The van der Waals surface area contributed by atoms with E-state index in [1.54, 1.807) is 24.3 Å². The Balaban J connectivity index is 1.63. The molecular weight excluding hydrogens is 292 g/mol. The van der Waals surface area contributed by atoms with E-state index in [0.29, 0.717) is 17.8 Å². The zero-order valence-corrected chi connectivity index (χ0v) is 12.8. The molecule has 23 heavy (non-hydrogen) atoms. The van der Waals surface area contributed by atoms with Crippen molar-refractivity contribution in [3.8, 4) is 0 Å². The molecule has 0 aliphatic heterocycles. The standard InChI is InChI=1S/C18H20N2O3/c19-16-10-8-15(9-11-16)18(22)23-13-17(21)20-12-4-7-14-5-2-1-3-6-14/h1-3,5-6,8-11H,4,7,12-13,19H2,(H,20,21). The highest BCUT2D eigenvalue weighted by molar-refractivity contribution is 5.91. The molecule has 5 nitrogen and oxygen atoms in total. The van der Waals surface area contributed by atoms with Gasteiger partial charge in [0.05, 0.1) is 5.56 Å². The molecule has 2 rings (SSSR count). The number of hydrogen-bond donors (Lipinski definition) is 2. The summed E-state index contributed by atoms with van der Waals surface area (Å²) in [4.78, 5) is 23.4. The highest BCUT2D eigenvalue weighted by atomic mass is 16.5. The lowest BCUT2D eigenvalue weighted by Gasteiger charge is -2.07. The molecule has 2 aromatic rings. The molecule has 0 spiro atoms. The van der Waals surface area contributed by atoms with Crippen LogP contribution in [-0.4, -0.2) is 25.0 Å². The topological polar surface area (TPSA) is 81.4 Å². The summed E-state index contributed by atoms with van der Waals surface area (Å²) in [6.45, 7) is 0.266. The first-order valence-corrected chi connectivity index (χ1v) is 7.48. The maximum Gasteiger partial charge on any atom is 0.338 e. The molecular formula is C18H20N2O3. The predicted molar refractivity (Wildman–Crippen MR) is 88.9 cm³/mol. The highest BCUT2D eigenvalue weighted by Gasteiger charge is 2.09. The number of ether oxygens (including phenoxy) is 1. The number of esters is 1. The summed E-state index contributed by atoms with van der Waals surface area (Å²) in [6, 6.07) is 16.4. The first kappa shape index (κ1) is 16.5. The molecule has 0 atom stereocenters. The molecule has 0 radical (unpaired) electrons. The summed E-state index contributed by atoms with van der Waals surface area (Å²) >= 11 is 0. The molecule has 0 saturated heterocycles. The van der Waals surface area contributed by atoms with Gasteiger partial charge in [-0.3, -0.25) is 4.79 Å². The maximum atomic E-state index is 11.7. The summed E-state index contributed by atoms with van der Waals surface area (Å²) in [5.74, 6) is -0.841. The van der Waals surface area contributed by atoms with Crippen LogP contribution >= 0.6 is 0 Å². The third kappa shape index (κ3) is 5.82. The fraction of sp³-hybridized carbons (Fsp3) is 0.222. The van der Waals surface area contributed by atoms with Crippen LogP contribution in [0.2, 0.25) is 0 Å². The summed E-state index contributed by atoms with van der Waals surface area (Å²) in [6.07, 6.45) is 1.73. The van der Waals surface area contributed by atoms with E-state index in [1.165, 1.54) is 5.56 Å². The van der Waals surface area contributed by atoms with Gasteiger partial charge in [0.25, 0.3) is 5.91 Å². The average molecular weight is 312 g/mol. The Morgan fingerprint density at radius 1 is 1.00 bits per heavy atom. The molecule has 0 aliphatic rings. The van der Waals surface area contributed by atoms with Crippen LogP contribution in [0.4, 0.5) is 5.69 Å². The van der Waals surface area contributed by atoms with Crippen molar-refractivity contribution in [2.45, 2.75) is 12.8 Å². The molecule has 3 N–H and O–H groups in total. The van der Waals surface area contributed by atoms with E-state index in [4.69, 9.17) is 10.5 Å². The zero-order valence-electron chi connectivity index (χ0n) is 12.8. The normalized spacial score (nSPS) is 10.1. The van der Waals surface area contributed by atoms with Gasteiger partial charge in [-0.1, -0.05) is 30.3 Å². The Labute approximate surface area is 135 Å². The van der Waals surface area contributed by atoms with Gasteiger partial charge in [-0.15, -0.1) is 0 Å². The van der Waals surface area contributed by atoms with Crippen LogP contribution in [0, 0.1) is 0 Å². The van der Waals surface area contributed by atoms with E-state index in [9.17, 15) is 9.59 Å². The maximum absolute atomic E-state index is 11.7. The SMILES string of the molecule is Nc1ccc(C(=O)OCC(=O)NCCCc2ccccc2)cc1. The van der Waals surface area contributed by atoms with Crippen molar-refractivity contribution in [1.29, 1.82) is 0 Å². The number of carbonyl (C=O) groups is 2. The molecule has 0 bridgehead atoms. The monoisotopic (exact) mass is 312 g/mol. The number of hydrogen-bond acceptors (Lipinski definition) is 4. The lowest BCUT2D eigenvalue weighted by atomic mass is 10.1. The summed E-state index contributed by atoms with van der Waals surface area (Å²) in [5.41, 5.74) is 7.71. The summed E-state index contributed by atoms with van der Waals surface area (Å²) in [7, 11) is 0. The summed E-state index contributed by atoms with van der Waals surface area (Å²) < 4.78 is 4.95. The number of nitrogen functional groups attached to an aromatic ring is 1. The first-order valence-electron chi connectivity index (χ1n) is 7.48. The molecule has 0 unspecified atom stereocenters. The largest absolute Gasteiger partial charge is 0.452 e. The number of amides is 1. The third-order valence-electron chi connectivity index (χ3n) is 3.29. The second kappa shape index (κ2) is 8.58. The fourth-order valence-electron chi connectivity index (χ4n) is 2.05. The number of nitrogens with two attached hydrogens (primary N) is 1. The Kier molecular flexibility index (Phi) is 6.17. The lowest BCUT2D eigenvalue weighted by Crippen LogP contribution is -2.29. The van der Waals surface area contributed by atoms with Gasteiger partial charge in [-0.25, -0.2) is 4.79 Å². The van der Waals surface area contributed by atoms with Gasteiger partial charge >= 0.3 is 5.97 Å². The van der Waals surface area contributed by atoms with E-state index in [1.807, 2.05) is 18.2 Å². The smallest absolute Gasteiger partial charge is 0.338 e. The molecule has 120 valence electrons. The van der Waals surface area contributed by atoms with Crippen LogP contribution in [0.1, 0.15) is 22.3 Å². The lowest BCUT2D eigenvalue weighted by molar-refractivity contribution is -0.124. The van der Waals surface area contributed by atoms with E-state index in [0.717, 1.165) is 12.8 Å². The molecule has 0 saturated carbocycles. The molecule has 0 fully saturated rings. The van der Waals surface area contributed by atoms with Crippen molar-refractivity contribution in [2.75, 3.05) is 18.9 Å². The Bertz CT molecular complexity index is 639. The number of carbonyl (C=O) groups excluding carboxylic acids is 2. The third-order valence-corrected chi connectivity index (χ3v) is 3.29. The number of nitrogens with one attached hydrogen (secondary N) is 1. The number of benzene rings is 2. The number of aryl methyl sites for hydroxylation is 1. The van der Waals surface area contributed by atoms with Crippen LogP contribution in [0.5, 0.6) is 0 Å². The van der Waals surface area contributed by atoms with E-state index < -0.39 is 5.97 Å². The van der Waals surface area contributed by atoms with Gasteiger partial charge in [0.2, 0.25) is 0 Å². The number of anilines is 1. The van der Waals surface area contributed by atoms with Crippen molar-refractivity contribution < 1.29 is 14.3 Å². The molecule has 1 amide bonds. The first-order chi connectivity index (χ1) is 11.1. The van der Waals surface area contributed by atoms with Crippen LogP contribution < -0.4 is 11.1 Å².